The van der Waals surface area contributed by atoms with Crippen LogP contribution in [-0.2, 0) is 38.0 Å². The predicted molar refractivity (Wildman–Crippen MR) is 156 cm³/mol. The number of hydrogen-bond donors (Lipinski definition) is 2. The molecule has 2 heterocycles. The highest BCUT2D eigenvalue weighted by atomic mass is 32.2. The molecule has 0 aromatic carbocycles. The van der Waals surface area contributed by atoms with Gasteiger partial charge in [0.15, 0.2) is 12.2 Å². The topological polar surface area (TPSA) is 148 Å². The van der Waals surface area contributed by atoms with Crippen LogP contribution < -0.4 is 10.6 Å². The summed E-state index contributed by atoms with van der Waals surface area (Å²) in [6.45, 7) is 9.09. The van der Waals surface area contributed by atoms with Gasteiger partial charge in [-0.25, -0.2) is 9.59 Å². The number of carbonyl (C=O) groups is 4. The van der Waals surface area contributed by atoms with Gasteiger partial charge in [-0.1, -0.05) is 34.1 Å². The molecule has 2 aliphatic heterocycles. The van der Waals surface area contributed by atoms with E-state index in [9.17, 15) is 19.2 Å². The molecule has 41 heavy (non-hydrogen) atoms. The molecule has 3 unspecified atom stereocenters. The van der Waals surface area contributed by atoms with Gasteiger partial charge >= 0.3 is 24.1 Å². The number of esters is 2. The zero-order valence-corrected chi connectivity index (χ0v) is 26.4. The number of thioether (sulfide) groups is 2. The second kappa shape index (κ2) is 18.6. The third-order valence-corrected chi connectivity index (χ3v) is 9.49. The Bertz CT molecular complexity index is 847. The smallest absolute Gasteiger partial charge is 0.407 e. The Hall–Kier alpha value is -1.90. The van der Waals surface area contributed by atoms with Gasteiger partial charge < -0.3 is 39.1 Å². The summed E-state index contributed by atoms with van der Waals surface area (Å²) >= 11 is 3.63. The van der Waals surface area contributed by atoms with Crippen LogP contribution in [0.4, 0.5) is 9.59 Å². The molecular formula is C27H46N2O10S2. The van der Waals surface area contributed by atoms with E-state index in [-0.39, 0.29) is 56.2 Å². The van der Waals surface area contributed by atoms with E-state index in [0.29, 0.717) is 30.9 Å². The van der Waals surface area contributed by atoms with E-state index in [1.54, 1.807) is 11.8 Å². The second-order valence-electron chi connectivity index (χ2n) is 10.3. The summed E-state index contributed by atoms with van der Waals surface area (Å²) in [4.78, 5) is 47.6. The van der Waals surface area contributed by atoms with E-state index in [4.69, 9.17) is 28.4 Å². The zero-order valence-electron chi connectivity index (χ0n) is 24.8. The summed E-state index contributed by atoms with van der Waals surface area (Å²) in [5, 5.41) is 5.07. The summed E-state index contributed by atoms with van der Waals surface area (Å²) in [5.41, 5.74) is 0. The number of rotatable bonds is 18. The van der Waals surface area contributed by atoms with Crippen LogP contribution in [0.2, 0.25) is 0 Å². The molecule has 12 nitrogen and oxygen atoms in total. The van der Waals surface area contributed by atoms with E-state index >= 15 is 0 Å². The largest absolute Gasteiger partial charge is 0.464 e. The van der Waals surface area contributed by atoms with Crippen LogP contribution in [0.3, 0.4) is 0 Å². The molecule has 0 bridgehead atoms. The fourth-order valence-corrected chi connectivity index (χ4v) is 6.44. The van der Waals surface area contributed by atoms with Gasteiger partial charge in [0, 0.05) is 16.9 Å². The lowest BCUT2D eigenvalue weighted by Crippen LogP contribution is -2.40. The van der Waals surface area contributed by atoms with E-state index in [1.165, 1.54) is 0 Å². The first-order chi connectivity index (χ1) is 19.6. The molecule has 0 saturated carbocycles. The molecule has 0 aromatic heterocycles. The maximum Gasteiger partial charge on any atom is 0.407 e. The fourth-order valence-electron chi connectivity index (χ4n) is 4.33. The molecule has 0 aromatic rings. The minimum Gasteiger partial charge on any atom is -0.464 e. The van der Waals surface area contributed by atoms with Crippen LogP contribution in [0.15, 0.2) is 0 Å². The van der Waals surface area contributed by atoms with Crippen LogP contribution in [0, 0.1) is 5.92 Å². The lowest BCUT2D eigenvalue weighted by molar-refractivity contribution is -0.144. The minimum absolute atomic E-state index is 0.0439. The Kier molecular flexibility index (Phi) is 16.0. The van der Waals surface area contributed by atoms with Gasteiger partial charge in [0.1, 0.15) is 25.4 Å². The van der Waals surface area contributed by atoms with Crippen LogP contribution in [0.1, 0.15) is 53.4 Å². The lowest BCUT2D eigenvalue weighted by Gasteiger charge is -2.31. The van der Waals surface area contributed by atoms with Gasteiger partial charge in [0.25, 0.3) is 0 Å². The van der Waals surface area contributed by atoms with Gasteiger partial charge in [-0.05, 0) is 24.3 Å². The summed E-state index contributed by atoms with van der Waals surface area (Å²) < 4.78 is 32.5. The summed E-state index contributed by atoms with van der Waals surface area (Å²) in [5.74, 6) is 1.64. The van der Waals surface area contributed by atoms with Crippen molar-refractivity contribution in [1.29, 1.82) is 0 Å². The number of nitrogens with one attached hydrogen (secondary N) is 2. The van der Waals surface area contributed by atoms with Crippen LogP contribution in [0.25, 0.3) is 0 Å². The first kappa shape index (κ1) is 35.3. The Labute approximate surface area is 251 Å². The van der Waals surface area contributed by atoms with Crippen molar-refractivity contribution in [2.75, 3.05) is 57.3 Å². The SMILES string of the molecule is CCCC(=O)OCCNC(=O)O[C@H]1COC2C1OC[C@H]2OC(=O)NCCOC(=O)CCSCC(CC)C(C)(C)SC. The summed E-state index contributed by atoms with van der Waals surface area (Å²) in [7, 11) is 0. The molecule has 2 fully saturated rings. The Morgan fingerprint density at radius 3 is 1.85 bits per heavy atom. The highest BCUT2D eigenvalue weighted by Crippen LogP contribution is 2.35. The molecule has 2 N–H and O–H groups in total. The zero-order chi connectivity index (χ0) is 30.3. The average Bonchev–Trinajstić information content (AvgIpc) is 3.52. The quantitative estimate of drug-likeness (QED) is 0.131. The maximum absolute atomic E-state index is 12.2. The minimum atomic E-state index is -0.686. The second-order valence-corrected chi connectivity index (χ2v) is 12.9. The number of amides is 2. The van der Waals surface area contributed by atoms with Crippen molar-refractivity contribution in [2.45, 2.75) is 82.5 Å². The standard InChI is InChI=1S/C27H46N2O10S2/c1-6-8-21(30)34-12-10-28-25(32)38-19-15-36-24-20(16-37-23(19)24)39-26(33)29-11-13-35-22(31)9-14-41-17-18(7-2)27(3,4)40-5/h18-20,23-24H,6-17H2,1-5H3,(H,28,32)(H,29,33)/t18?,19-,20+,23?,24?/m0/s1. The van der Waals surface area contributed by atoms with E-state index in [0.717, 1.165) is 12.2 Å². The molecule has 0 aliphatic carbocycles. The van der Waals surface area contributed by atoms with Crippen LogP contribution in [0.5, 0.6) is 0 Å². The molecule has 14 heteroatoms. The van der Waals surface area contributed by atoms with Crippen molar-refractivity contribution < 1.29 is 47.6 Å². The number of hydrogen-bond acceptors (Lipinski definition) is 12. The first-order valence-corrected chi connectivity index (χ1v) is 16.5. The summed E-state index contributed by atoms with van der Waals surface area (Å²) in [6.07, 6.45) is 0.718. The van der Waals surface area contributed by atoms with E-state index in [1.807, 2.05) is 18.7 Å². The number of carbonyl (C=O) groups excluding carboxylic acids is 4. The molecule has 0 spiro atoms. The third kappa shape index (κ3) is 12.5. The average molecular weight is 623 g/mol. The van der Waals surface area contributed by atoms with Gasteiger partial charge in [-0.3, -0.25) is 9.59 Å². The molecule has 2 amide bonds. The molecule has 2 saturated heterocycles. The lowest BCUT2D eigenvalue weighted by atomic mass is 9.94. The predicted octanol–water partition coefficient (Wildman–Crippen LogP) is 3.15. The van der Waals surface area contributed by atoms with Crippen molar-refractivity contribution in [3.05, 3.63) is 0 Å². The number of fused-ring (bicyclic) bond motifs is 1. The number of alkyl carbamates (subject to hydrolysis) is 2. The maximum atomic E-state index is 12.2. The van der Waals surface area contributed by atoms with Gasteiger partial charge in [-0.2, -0.15) is 23.5 Å². The summed E-state index contributed by atoms with van der Waals surface area (Å²) in [6, 6.07) is 0. The van der Waals surface area contributed by atoms with Crippen molar-refractivity contribution in [3.63, 3.8) is 0 Å². The molecule has 0 radical (unpaired) electrons. The normalized spacial score (nSPS) is 22.4. The van der Waals surface area contributed by atoms with Crippen molar-refractivity contribution in [1.82, 2.24) is 10.6 Å². The van der Waals surface area contributed by atoms with E-state index in [2.05, 4.69) is 37.7 Å². The van der Waals surface area contributed by atoms with Gasteiger partial charge in [-0.15, -0.1) is 0 Å². The van der Waals surface area contributed by atoms with Crippen molar-refractivity contribution in [2.24, 2.45) is 5.92 Å². The third-order valence-electron chi connectivity index (χ3n) is 6.97. The Balaban J connectivity index is 1.56. The molecular weight excluding hydrogens is 576 g/mol. The molecule has 236 valence electrons. The Morgan fingerprint density at radius 2 is 1.39 bits per heavy atom. The number of ether oxygens (including phenoxy) is 6. The van der Waals surface area contributed by atoms with Gasteiger partial charge in [0.2, 0.25) is 0 Å². The van der Waals surface area contributed by atoms with Crippen LogP contribution in [-0.4, -0.2) is 111 Å². The van der Waals surface area contributed by atoms with E-state index < -0.39 is 36.6 Å². The highest BCUT2D eigenvalue weighted by molar-refractivity contribution is 8.00. The highest BCUT2D eigenvalue weighted by Gasteiger charge is 2.51. The van der Waals surface area contributed by atoms with Gasteiger partial charge in [0.05, 0.1) is 32.7 Å². The monoisotopic (exact) mass is 622 g/mol. The molecule has 2 aliphatic rings. The van der Waals surface area contributed by atoms with Crippen molar-refractivity contribution in [3.8, 4) is 0 Å². The first-order valence-electron chi connectivity index (χ1n) is 14.2. The molecule has 5 atom stereocenters. The van der Waals surface area contributed by atoms with Crippen LogP contribution >= 0.6 is 23.5 Å². The fraction of sp³-hybridized carbons (Fsp3) is 0.852. The Morgan fingerprint density at radius 1 is 0.878 bits per heavy atom. The van der Waals surface area contributed by atoms with Crippen molar-refractivity contribution >= 4 is 47.6 Å². The molecule has 2 rings (SSSR count).